The summed E-state index contributed by atoms with van der Waals surface area (Å²) in [6.07, 6.45) is 1.84. The molecule has 0 aliphatic rings. The van der Waals surface area contributed by atoms with Gasteiger partial charge < -0.3 is 15.2 Å². The molecule has 0 radical (unpaired) electrons. The van der Waals surface area contributed by atoms with Gasteiger partial charge in [0, 0.05) is 36.9 Å². The quantitative estimate of drug-likeness (QED) is 0.548. The first-order valence-electron chi connectivity index (χ1n) is 10.4. The van der Waals surface area contributed by atoms with Gasteiger partial charge in [-0.1, -0.05) is 18.2 Å². The fourth-order valence-corrected chi connectivity index (χ4v) is 3.54. The van der Waals surface area contributed by atoms with Gasteiger partial charge in [-0.05, 0) is 53.7 Å². The Hall–Kier alpha value is -2.67. The molecule has 0 aliphatic carbocycles. The maximum Gasteiger partial charge on any atom is 0.231 e. The number of aromatic nitrogens is 4. The lowest BCUT2D eigenvalue weighted by Gasteiger charge is -2.30. The molecule has 3 rings (SSSR count). The zero-order chi connectivity index (χ0) is 21.0. The second-order valence-electron chi connectivity index (χ2n) is 8.16. The topological polar surface area (TPSA) is 70.9 Å². The highest BCUT2D eigenvalue weighted by Gasteiger charge is 2.16. The number of para-hydroxylation sites is 1. The first-order chi connectivity index (χ1) is 13.9. The Morgan fingerprint density at radius 3 is 2.28 bits per heavy atom. The summed E-state index contributed by atoms with van der Waals surface area (Å²) in [4.78, 5) is 16.5. The maximum atomic E-state index is 4.74. The Balaban J connectivity index is 1.88. The highest BCUT2D eigenvalue weighted by molar-refractivity contribution is 5.84. The van der Waals surface area contributed by atoms with Crippen LogP contribution in [0.1, 0.15) is 47.6 Å². The van der Waals surface area contributed by atoms with Crippen LogP contribution in [0.3, 0.4) is 0 Å². The molecular weight excluding hydrogens is 362 g/mol. The lowest BCUT2D eigenvalue weighted by atomic mass is 10.2. The first kappa shape index (κ1) is 21.0. The van der Waals surface area contributed by atoms with Crippen LogP contribution in [0, 0.1) is 0 Å². The summed E-state index contributed by atoms with van der Waals surface area (Å²) in [5.41, 5.74) is 2.60. The van der Waals surface area contributed by atoms with Gasteiger partial charge in [-0.15, -0.1) is 0 Å². The molecule has 0 amide bonds. The molecule has 2 N–H and O–H groups in total. The number of hydrogen-bond donors (Lipinski definition) is 2. The Labute approximate surface area is 173 Å². The van der Waals surface area contributed by atoms with Crippen molar-refractivity contribution in [3.63, 3.8) is 0 Å². The van der Waals surface area contributed by atoms with Crippen molar-refractivity contribution in [2.75, 3.05) is 23.7 Å². The average Bonchev–Trinajstić information content (AvgIpc) is 3.09. The average molecular weight is 396 g/mol. The van der Waals surface area contributed by atoms with Gasteiger partial charge in [0.05, 0.1) is 6.33 Å². The van der Waals surface area contributed by atoms with Gasteiger partial charge in [0.25, 0.3) is 0 Å². The maximum absolute atomic E-state index is 4.74. The van der Waals surface area contributed by atoms with E-state index in [4.69, 9.17) is 9.97 Å². The minimum atomic E-state index is 0.268. The molecule has 3 aromatic rings. The van der Waals surface area contributed by atoms with Crippen molar-refractivity contribution in [1.29, 1.82) is 0 Å². The third-order valence-electron chi connectivity index (χ3n) is 5.00. The van der Waals surface area contributed by atoms with E-state index in [1.54, 1.807) is 0 Å². The van der Waals surface area contributed by atoms with E-state index in [1.165, 1.54) is 0 Å². The van der Waals surface area contributed by atoms with Crippen LogP contribution >= 0.6 is 0 Å². The summed E-state index contributed by atoms with van der Waals surface area (Å²) in [5, 5.41) is 6.81. The largest absolute Gasteiger partial charge is 0.367 e. The fourth-order valence-electron chi connectivity index (χ4n) is 3.54. The van der Waals surface area contributed by atoms with Crippen molar-refractivity contribution in [3.05, 3.63) is 36.7 Å². The highest BCUT2D eigenvalue weighted by Crippen LogP contribution is 2.24. The number of rotatable bonds is 9. The summed E-state index contributed by atoms with van der Waals surface area (Å²) < 4.78 is 2.08. The van der Waals surface area contributed by atoms with Crippen molar-refractivity contribution in [3.8, 4) is 0 Å². The number of anilines is 3. The van der Waals surface area contributed by atoms with Gasteiger partial charge in [0.1, 0.15) is 0 Å². The number of nitrogens with zero attached hydrogens (tertiary/aromatic N) is 5. The van der Waals surface area contributed by atoms with E-state index in [2.05, 4.69) is 66.6 Å². The molecule has 0 saturated heterocycles. The van der Waals surface area contributed by atoms with E-state index in [1.807, 2.05) is 36.7 Å². The van der Waals surface area contributed by atoms with Gasteiger partial charge in [-0.25, -0.2) is 4.98 Å². The Kier molecular flexibility index (Phi) is 6.69. The molecule has 1 aromatic carbocycles. The van der Waals surface area contributed by atoms with E-state index in [9.17, 15) is 0 Å². The summed E-state index contributed by atoms with van der Waals surface area (Å²) in [6, 6.07) is 11.2. The van der Waals surface area contributed by atoms with E-state index in [-0.39, 0.29) is 6.04 Å². The predicted molar refractivity (Wildman–Crippen MR) is 121 cm³/mol. The van der Waals surface area contributed by atoms with Gasteiger partial charge in [0.15, 0.2) is 17.0 Å². The van der Waals surface area contributed by atoms with Crippen LogP contribution in [0.2, 0.25) is 0 Å². The van der Waals surface area contributed by atoms with Crippen LogP contribution in [0.4, 0.5) is 17.5 Å². The first-order valence-corrected chi connectivity index (χ1v) is 10.4. The van der Waals surface area contributed by atoms with Crippen LogP contribution in [-0.2, 0) is 0 Å². The van der Waals surface area contributed by atoms with Crippen molar-refractivity contribution in [2.24, 2.45) is 0 Å². The van der Waals surface area contributed by atoms with E-state index >= 15 is 0 Å². The number of fused-ring (bicyclic) bond motifs is 1. The smallest absolute Gasteiger partial charge is 0.231 e. The molecule has 7 heteroatoms. The molecule has 156 valence electrons. The number of imidazole rings is 1. The Morgan fingerprint density at radius 2 is 1.66 bits per heavy atom. The monoisotopic (exact) mass is 395 g/mol. The van der Waals surface area contributed by atoms with E-state index in [0.29, 0.717) is 18.0 Å². The molecule has 0 spiro atoms. The molecule has 29 heavy (non-hydrogen) atoms. The van der Waals surface area contributed by atoms with Gasteiger partial charge >= 0.3 is 0 Å². The normalized spacial score (nSPS) is 11.9. The standard InChI is InChI=1S/C22H33N7/c1-15(2)28(16(3)4)13-12-23-20-19-21(29(14-24-19)17(5)6)27-22(26-20)25-18-10-8-7-9-11-18/h7-11,14-17H,12-13H2,1-6H3,(H2,23,25,26,27). The highest BCUT2D eigenvalue weighted by atomic mass is 15.2. The van der Waals surface area contributed by atoms with Crippen molar-refractivity contribution >= 4 is 28.6 Å². The van der Waals surface area contributed by atoms with Gasteiger partial charge in [-0.3, -0.25) is 4.90 Å². The molecule has 7 nitrogen and oxygen atoms in total. The van der Waals surface area contributed by atoms with Crippen LogP contribution < -0.4 is 10.6 Å². The van der Waals surface area contributed by atoms with Crippen LogP contribution in [0.25, 0.3) is 11.2 Å². The summed E-state index contributed by atoms with van der Waals surface area (Å²) in [7, 11) is 0. The molecule has 0 saturated carbocycles. The van der Waals surface area contributed by atoms with Gasteiger partial charge in [-0.2, -0.15) is 9.97 Å². The van der Waals surface area contributed by atoms with E-state index in [0.717, 1.165) is 35.8 Å². The molecule has 0 atom stereocenters. The minimum absolute atomic E-state index is 0.268. The fraction of sp³-hybridized carbons (Fsp3) is 0.500. The minimum Gasteiger partial charge on any atom is -0.367 e. The second-order valence-corrected chi connectivity index (χ2v) is 8.16. The predicted octanol–water partition coefficient (Wildman–Crippen LogP) is 4.68. The molecular formula is C22H33N7. The Morgan fingerprint density at radius 1 is 0.966 bits per heavy atom. The Bertz CT molecular complexity index is 908. The second kappa shape index (κ2) is 9.22. The van der Waals surface area contributed by atoms with Crippen molar-refractivity contribution in [1.82, 2.24) is 24.4 Å². The lowest BCUT2D eigenvalue weighted by molar-refractivity contribution is 0.182. The number of benzene rings is 1. The summed E-state index contributed by atoms with van der Waals surface area (Å²) in [5.74, 6) is 1.33. The van der Waals surface area contributed by atoms with E-state index < -0.39 is 0 Å². The molecule has 0 aliphatic heterocycles. The zero-order valence-corrected chi connectivity index (χ0v) is 18.3. The molecule has 0 unspecified atom stereocenters. The van der Waals surface area contributed by atoms with Crippen LogP contribution in [-0.4, -0.2) is 49.6 Å². The third kappa shape index (κ3) is 5.03. The zero-order valence-electron chi connectivity index (χ0n) is 18.3. The molecule has 0 bridgehead atoms. The van der Waals surface area contributed by atoms with Gasteiger partial charge in [0.2, 0.25) is 5.95 Å². The summed E-state index contributed by atoms with van der Waals surface area (Å²) in [6.45, 7) is 14.9. The third-order valence-corrected chi connectivity index (χ3v) is 5.00. The van der Waals surface area contributed by atoms with Crippen LogP contribution in [0.5, 0.6) is 0 Å². The van der Waals surface area contributed by atoms with Crippen LogP contribution in [0.15, 0.2) is 36.7 Å². The van der Waals surface area contributed by atoms with Crippen molar-refractivity contribution in [2.45, 2.75) is 59.7 Å². The molecule has 2 heterocycles. The molecule has 0 fully saturated rings. The van der Waals surface area contributed by atoms with Crippen molar-refractivity contribution < 1.29 is 0 Å². The lowest BCUT2D eigenvalue weighted by Crippen LogP contribution is -2.40. The SMILES string of the molecule is CC(C)N(CCNc1nc(Nc2ccccc2)nc2c1ncn2C(C)C)C(C)C. The molecule has 2 aromatic heterocycles. The number of nitrogens with one attached hydrogen (secondary N) is 2. The summed E-state index contributed by atoms with van der Waals surface area (Å²) >= 11 is 0. The number of hydrogen-bond acceptors (Lipinski definition) is 6.